The van der Waals surface area contributed by atoms with Crippen LogP contribution in [0.3, 0.4) is 0 Å². The smallest absolute Gasteiger partial charge is 0.291 e. The molecule has 0 atom stereocenters. The van der Waals surface area contributed by atoms with Gasteiger partial charge in [0.1, 0.15) is 28.7 Å². The molecule has 0 aliphatic heterocycles. The van der Waals surface area contributed by atoms with Gasteiger partial charge < -0.3 is 19.3 Å². The minimum absolute atomic E-state index is 0.0359. The first-order chi connectivity index (χ1) is 14.5. The standard InChI is InChI=1S/C21H20N4O5/c1-28-14-4-5-17(20(26)9-14)18-11-22-12-19(24-18)21(27)25-23-10-13-6-15(29-2)8-16(7-13)30-3/h4-12,26H,1-3H3,(H,25,27)/b23-10+. The molecule has 30 heavy (non-hydrogen) atoms. The summed E-state index contributed by atoms with van der Waals surface area (Å²) in [6.45, 7) is 0. The molecule has 1 heterocycles. The van der Waals surface area contributed by atoms with E-state index in [0.717, 1.165) is 0 Å². The molecule has 9 heteroatoms. The number of carbonyl (C=O) groups excluding carboxylic acids is 1. The molecule has 0 fully saturated rings. The Kier molecular flexibility index (Phi) is 6.43. The molecular weight excluding hydrogens is 388 g/mol. The van der Waals surface area contributed by atoms with Crippen molar-refractivity contribution in [3.05, 3.63) is 60.0 Å². The Labute approximate surface area is 173 Å². The molecule has 2 aromatic carbocycles. The number of phenols is 1. The second-order valence-electron chi connectivity index (χ2n) is 6.02. The van der Waals surface area contributed by atoms with E-state index in [0.29, 0.717) is 34.1 Å². The number of aromatic nitrogens is 2. The van der Waals surface area contributed by atoms with Gasteiger partial charge in [0.15, 0.2) is 0 Å². The average Bonchev–Trinajstić information content (AvgIpc) is 2.78. The van der Waals surface area contributed by atoms with Crippen LogP contribution in [0.15, 0.2) is 53.9 Å². The molecule has 0 aliphatic rings. The van der Waals surface area contributed by atoms with Crippen molar-refractivity contribution in [2.75, 3.05) is 21.3 Å². The zero-order valence-corrected chi connectivity index (χ0v) is 16.6. The van der Waals surface area contributed by atoms with Gasteiger partial charge in [-0.15, -0.1) is 0 Å². The van der Waals surface area contributed by atoms with E-state index in [4.69, 9.17) is 14.2 Å². The summed E-state index contributed by atoms with van der Waals surface area (Å²) in [7, 11) is 4.59. The highest BCUT2D eigenvalue weighted by Gasteiger charge is 2.12. The fourth-order valence-electron chi connectivity index (χ4n) is 2.59. The molecule has 0 unspecified atom stereocenters. The maximum absolute atomic E-state index is 12.4. The Hall–Kier alpha value is -4.14. The van der Waals surface area contributed by atoms with Crippen molar-refractivity contribution in [1.82, 2.24) is 15.4 Å². The van der Waals surface area contributed by atoms with Crippen LogP contribution in [-0.4, -0.2) is 48.5 Å². The molecule has 0 saturated heterocycles. The first kappa shape index (κ1) is 20.6. The summed E-state index contributed by atoms with van der Waals surface area (Å²) in [5, 5.41) is 14.1. The van der Waals surface area contributed by atoms with Crippen LogP contribution in [0.4, 0.5) is 0 Å². The molecule has 2 N–H and O–H groups in total. The number of ether oxygens (including phenoxy) is 3. The van der Waals surface area contributed by atoms with Crippen molar-refractivity contribution in [3.8, 4) is 34.3 Å². The first-order valence-electron chi connectivity index (χ1n) is 8.80. The number of methoxy groups -OCH3 is 3. The van der Waals surface area contributed by atoms with E-state index in [1.165, 1.54) is 31.8 Å². The third-order valence-corrected chi connectivity index (χ3v) is 4.10. The molecule has 9 nitrogen and oxygen atoms in total. The predicted molar refractivity (Wildman–Crippen MR) is 110 cm³/mol. The van der Waals surface area contributed by atoms with Gasteiger partial charge in [-0.2, -0.15) is 5.10 Å². The van der Waals surface area contributed by atoms with Gasteiger partial charge in [0.05, 0.1) is 45.6 Å². The molecular formula is C21H20N4O5. The van der Waals surface area contributed by atoms with E-state index in [1.54, 1.807) is 44.6 Å². The fourth-order valence-corrected chi connectivity index (χ4v) is 2.59. The van der Waals surface area contributed by atoms with Gasteiger partial charge >= 0.3 is 0 Å². The Bertz CT molecular complexity index is 1060. The van der Waals surface area contributed by atoms with Gasteiger partial charge in [0.25, 0.3) is 5.91 Å². The number of nitrogens with zero attached hydrogens (tertiary/aromatic N) is 3. The van der Waals surface area contributed by atoms with Crippen molar-refractivity contribution >= 4 is 12.1 Å². The van der Waals surface area contributed by atoms with Gasteiger partial charge in [0.2, 0.25) is 0 Å². The van der Waals surface area contributed by atoms with E-state index in [1.807, 2.05) is 0 Å². The second-order valence-corrected chi connectivity index (χ2v) is 6.02. The van der Waals surface area contributed by atoms with Gasteiger partial charge in [-0.05, 0) is 24.3 Å². The topological polar surface area (TPSA) is 115 Å². The van der Waals surface area contributed by atoms with Gasteiger partial charge in [-0.1, -0.05) is 0 Å². The Morgan fingerprint density at radius 1 is 1.00 bits per heavy atom. The summed E-state index contributed by atoms with van der Waals surface area (Å²) in [5.74, 6) is 1.11. The van der Waals surface area contributed by atoms with E-state index in [-0.39, 0.29) is 11.4 Å². The summed E-state index contributed by atoms with van der Waals surface area (Å²) in [5.41, 5.74) is 3.88. The molecule has 0 radical (unpaired) electrons. The van der Waals surface area contributed by atoms with Crippen molar-refractivity contribution < 1.29 is 24.1 Å². The van der Waals surface area contributed by atoms with Gasteiger partial charge in [0, 0.05) is 23.3 Å². The number of hydrazone groups is 1. The van der Waals surface area contributed by atoms with Crippen LogP contribution < -0.4 is 19.6 Å². The Balaban J connectivity index is 1.75. The van der Waals surface area contributed by atoms with Crippen LogP contribution in [0.2, 0.25) is 0 Å². The van der Waals surface area contributed by atoms with Crippen molar-refractivity contribution in [3.63, 3.8) is 0 Å². The number of hydrogen-bond acceptors (Lipinski definition) is 8. The molecule has 0 bridgehead atoms. The quantitative estimate of drug-likeness (QED) is 0.456. The number of rotatable bonds is 7. The molecule has 1 aromatic heterocycles. The van der Waals surface area contributed by atoms with E-state index in [2.05, 4.69) is 20.5 Å². The SMILES string of the molecule is COc1cc(/C=N/NC(=O)c2cncc(-c3ccc(OC)cc3O)n2)cc(OC)c1. The summed E-state index contributed by atoms with van der Waals surface area (Å²) < 4.78 is 15.5. The van der Waals surface area contributed by atoms with Crippen molar-refractivity contribution in [1.29, 1.82) is 0 Å². The highest BCUT2D eigenvalue weighted by atomic mass is 16.5. The third kappa shape index (κ3) is 4.82. The molecule has 154 valence electrons. The summed E-state index contributed by atoms with van der Waals surface area (Å²) in [6, 6.07) is 9.97. The van der Waals surface area contributed by atoms with Crippen LogP contribution in [-0.2, 0) is 0 Å². The highest BCUT2D eigenvalue weighted by Crippen LogP contribution is 2.30. The lowest BCUT2D eigenvalue weighted by Gasteiger charge is -2.07. The summed E-state index contributed by atoms with van der Waals surface area (Å²) in [6.07, 6.45) is 4.21. The van der Waals surface area contributed by atoms with Crippen LogP contribution in [0.25, 0.3) is 11.3 Å². The number of hydrogen-bond donors (Lipinski definition) is 2. The van der Waals surface area contributed by atoms with Crippen LogP contribution in [0.5, 0.6) is 23.0 Å². The first-order valence-corrected chi connectivity index (χ1v) is 8.80. The van der Waals surface area contributed by atoms with Crippen LogP contribution in [0, 0.1) is 0 Å². The zero-order valence-electron chi connectivity index (χ0n) is 16.6. The average molecular weight is 408 g/mol. The number of nitrogens with one attached hydrogen (secondary N) is 1. The Morgan fingerprint density at radius 2 is 1.70 bits per heavy atom. The van der Waals surface area contributed by atoms with Crippen molar-refractivity contribution in [2.24, 2.45) is 5.10 Å². The minimum atomic E-state index is -0.552. The van der Waals surface area contributed by atoms with Crippen LogP contribution >= 0.6 is 0 Å². The number of amides is 1. The molecule has 3 rings (SSSR count). The number of benzene rings is 2. The van der Waals surface area contributed by atoms with E-state index < -0.39 is 5.91 Å². The molecule has 0 spiro atoms. The lowest BCUT2D eigenvalue weighted by atomic mass is 10.1. The maximum Gasteiger partial charge on any atom is 0.291 e. The largest absolute Gasteiger partial charge is 0.507 e. The zero-order chi connectivity index (χ0) is 21.5. The summed E-state index contributed by atoms with van der Waals surface area (Å²) >= 11 is 0. The Morgan fingerprint density at radius 3 is 2.33 bits per heavy atom. The fraction of sp³-hybridized carbons (Fsp3) is 0.143. The van der Waals surface area contributed by atoms with Gasteiger partial charge in [-0.25, -0.2) is 10.4 Å². The molecule has 1 amide bonds. The highest BCUT2D eigenvalue weighted by molar-refractivity contribution is 5.93. The number of aromatic hydroxyl groups is 1. The van der Waals surface area contributed by atoms with Crippen molar-refractivity contribution in [2.45, 2.75) is 0 Å². The number of phenolic OH excluding ortho intramolecular Hbond substituents is 1. The number of carbonyl (C=O) groups is 1. The lowest BCUT2D eigenvalue weighted by Crippen LogP contribution is -2.19. The molecule has 0 saturated carbocycles. The predicted octanol–water partition coefficient (Wildman–Crippen LogP) is 2.64. The van der Waals surface area contributed by atoms with Gasteiger partial charge in [-0.3, -0.25) is 9.78 Å². The van der Waals surface area contributed by atoms with Crippen LogP contribution in [0.1, 0.15) is 16.1 Å². The summed E-state index contributed by atoms with van der Waals surface area (Å²) in [4.78, 5) is 20.7. The van der Waals surface area contributed by atoms with E-state index >= 15 is 0 Å². The maximum atomic E-state index is 12.4. The molecule has 3 aromatic rings. The minimum Gasteiger partial charge on any atom is -0.507 e. The molecule has 0 aliphatic carbocycles. The monoisotopic (exact) mass is 408 g/mol. The normalized spacial score (nSPS) is 10.6. The third-order valence-electron chi connectivity index (χ3n) is 4.10. The second kappa shape index (κ2) is 9.37. The van der Waals surface area contributed by atoms with E-state index in [9.17, 15) is 9.90 Å². The lowest BCUT2D eigenvalue weighted by molar-refractivity contribution is 0.0950.